The Labute approximate surface area is 111 Å². The summed E-state index contributed by atoms with van der Waals surface area (Å²) in [6, 6.07) is 2.50. The Morgan fingerprint density at radius 3 is 2.35 bits per heavy atom. The molecule has 2 aromatic rings. The zero-order valence-electron chi connectivity index (χ0n) is 10.6. The molecule has 1 aromatic carbocycles. The molecule has 0 amide bonds. The van der Waals surface area contributed by atoms with Gasteiger partial charge in [0.05, 0.1) is 17.4 Å². The molecule has 0 atom stereocenters. The highest BCUT2D eigenvalue weighted by molar-refractivity contribution is 5.37. The molecule has 0 saturated carbocycles. The number of aliphatic hydroxyl groups is 1. The van der Waals surface area contributed by atoms with E-state index in [1.54, 1.807) is 0 Å². The predicted octanol–water partition coefficient (Wildman–Crippen LogP) is 2.65. The molecule has 0 unspecified atom stereocenters. The summed E-state index contributed by atoms with van der Waals surface area (Å²) < 4.78 is 52.1. The third-order valence-electron chi connectivity index (χ3n) is 2.64. The number of benzene rings is 1. The Morgan fingerprint density at radius 2 is 1.85 bits per heavy atom. The van der Waals surface area contributed by atoms with Crippen LogP contribution in [0.25, 0.3) is 5.69 Å². The van der Waals surface area contributed by atoms with Gasteiger partial charge in [-0.25, -0.2) is 9.07 Å². The fourth-order valence-electron chi connectivity index (χ4n) is 1.54. The van der Waals surface area contributed by atoms with Crippen molar-refractivity contribution >= 4 is 0 Å². The molecule has 108 valence electrons. The molecule has 0 bridgehead atoms. The topological polar surface area (TPSA) is 50.9 Å². The van der Waals surface area contributed by atoms with E-state index in [9.17, 15) is 22.7 Å². The van der Waals surface area contributed by atoms with Crippen molar-refractivity contribution in [2.45, 2.75) is 25.6 Å². The van der Waals surface area contributed by atoms with Crippen molar-refractivity contribution in [1.82, 2.24) is 15.0 Å². The lowest BCUT2D eigenvalue weighted by Crippen LogP contribution is -2.15. The number of halogens is 4. The Hall–Kier alpha value is -1.96. The van der Waals surface area contributed by atoms with Crippen molar-refractivity contribution in [2.75, 3.05) is 0 Å². The molecule has 0 radical (unpaired) electrons. The lowest BCUT2D eigenvalue weighted by atomic mass is 10.1. The quantitative estimate of drug-likeness (QED) is 0.865. The van der Waals surface area contributed by atoms with E-state index < -0.39 is 23.2 Å². The number of aromatic nitrogens is 3. The van der Waals surface area contributed by atoms with Crippen LogP contribution < -0.4 is 0 Å². The van der Waals surface area contributed by atoms with Gasteiger partial charge in [0, 0.05) is 0 Å². The van der Waals surface area contributed by atoms with Gasteiger partial charge in [-0.15, -0.1) is 5.10 Å². The van der Waals surface area contributed by atoms with Crippen LogP contribution in [0.15, 0.2) is 24.4 Å². The summed E-state index contributed by atoms with van der Waals surface area (Å²) in [4.78, 5) is 0. The average Bonchev–Trinajstić information content (AvgIpc) is 2.77. The van der Waals surface area contributed by atoms with Crippen LogP contribution in [0.4, 0.5) is 17.6 Å². The summed E-state index contributed by atoms with van der Waals surface area (Å²) in [5.41, 5.74) is -2.46. The second-order valence-electron chi connectivity index (χ2n) is 4.77. The first-order valence-corrected chi connectivity index (χ1v) is 5.61. The van der Waals surface area contributed by atoms with E-state index in [2.05, 4.69) is 10.3 Å². The summed E-state index contributed by atoms with van der Waals surface area (Å²) in [5.74, 6) is -1.36. The van der Waals surface area contributed by atoms with Crippen LogP contribution in [0.5, 0.6) is 0 Å². The van der Waals surface area contributed by atoms with Crippen molar-refractivity contribution in [2.24, 2.45) is 0 Å². The first-order chi connectivity index (χ1) is 9.09. The van der Waals surface area contributed by atoms with E-state index >= 15 is 0 Å². The summed E-state index contributed by atoms with van der Waals surface area (Å²) in [7, 11) is 0. The maximum absolute atomic E-state index is 13.2. The third-order valence-corrected chi connectivity index (χ3v) is 2.64. The van der Waals surface area contributed by atoms with Gasteiger partial charge in [0.25, 0.3) is 0 Å². The summed E-state index contributed by atoms with van der Waals surface area (Å²) in [6.45, 7) is 2.93. The molecule has 1 heterocycles. The fraction of sp³-hybridized carbons (Fsp3) is 0.333. The van der Waals surface area contributed by atoms with Crippen LogP contribution in [-0.4, -0.2) is 20.1 Å². The van der Waals surface area contributed by atoms with Gasteiger partial charge >= 0.3 is 6.18 Å². The van der Waals surface area contributed by atoms with Gasteiger partial charge in [0.15, 0.2) is 0 Å². The summed E-state index contributed by atoms with van der Waals surface area (Å²) in [5, 5.41) is 17.0. The molecular formula is C12H11F4N3O. The molecule has 1 aromatic heterocycles. The first-order valence-electron chi connectivity index (χ1n) is 5.61. The minimum absolute atomic E-state index is 0.00160. The Morgan fingerprint density at radius 1 is 1.20 bits per heavy atom. The third kappa shape index (κ3) is 2.79. The lowest BCUT2D eigenvalue weighted by molar-refractivity contribution is -0.140. The van der Waals surface area contributed by atoms with E-state index in [0.717, 1.165) is 10.7 Å². The highest BCUT2D eigenvalue weighted by Crippen LogP contribution is 2.32. The molecule has 2 rings (SSSR count). The number of hydrogen-bond donors (Lipinski definition) is 1. The van der Waals surface area contributed by atoms with Gasteiger partial charge in [-0.1, -0.05) is 5.21 Å². The standard InChI is InChI=1S/C12H11F4N3O/c1-11(2,20)10-6-19(18-17-10)7-3-4-9(13)8(5-7)12(14,15)16/h3-6,20H,1-2H3. The van der Waals surface area contributed by atoms with Gasteiger partial charge in [-0.05, 0) is 32.0 Å². The van der Waals surface area contributed by atoms with Crippen molar-refractivity contribution in [1.29, 1.82) is 0 Å². The average molecular weight is 289 g/mol. The fourth-order valence-corrected chi connectivity index (χ4v) is 1.54. The number of hydrogen-bond acceptors (Lipinski definition) is 3. The van der Waals surface area contributed by atoms with Gasteiger partial charge in [-0.3, -0.25) is 0 Å². The molecule has 20 heavy (non-hydrogen) atoms. The summed E-state index contributed by atoms with van der Waals surface area (Å²) >= 11 is 0. The lowest BCUT2D eigenvalue weighted by Gasteiger charge is -2.12. The van der Waals surface area contributed by atoms with E-state index in [1.807, 2.05) is 0 Å². The van der Waals surface area contributed by atoms with Crippen LogP contribution in [0.1, 0.15) is 25.1 Å². The molecule has 8 heteroatoms. The molecule has 0 aliphatic heterocycles. The van der Waals surface area contributed by atoms with Crippen molar-refractivity contribution < 1.29 is 22.7 Å². The number of nitrogens with zero attached hydrogens (tertiary/aromatic N) is 3. The van der Waals surface area contributed by atoms with E-state index in [4.69, 9.17) is 0 Å². The van der Waals surface area contributed by atoms with Crippen LogP contribution in [0.2, 0.25) is 0 Å². The normalized spacial score (nSPS) is 12.8. The van der Waals surface area contributed by atoms with Crippen molar-refractivity contribution in [3.05, 3.63) is 41.5 Å². The Balaban J connectivity index is 2.47. The maximum Gasteiger partial charge on any atom is 0.419 e. The van der Waals surface area contributed by atoms with Gasteiger partial charge in [-0.2, -0.15) is 13.2 Å². The minimum Gasteiger partial charge on any atom is -0.384 e. The minimum atomic E-state index is -4.79. The summed E-state index contributed by atoms with van der Waals surface area (Å²) in [6.07, 6.45) is -3.51. The Bertz CT molecular complexity index is 628. The zero-order valence-corrected chi connectivity index (χ0v) is 10.6. The second kappa shape index (κ2) is 4.55. The monoisotopic (exact) mass is 289 g/mol. The van der Waals surface area contributed by atoms with E-state index in [-0.39, 0.29) is 11.4 Å². The predicted molar refractivity (Wildman–Crippen MR) is 61.6 cm³/mol. The number of rotatable bonds is 2. The largest absolute Gasteiger partial charge is 0.419 e. The molecular weight excluding hydrogens is 278 g/mol. The smallest absolute Gasteiger partial charge is 0.384 e. The van der Waals surface area contributed by atoms with Gasteiger partial charge in [0.1, 0.15) is 17.1 Å². The molecule has 4 nitrogen and oxygen atoms in total. The van der Waals surface area contributed by atoms with Crippen molar-refractivity contribution in [3.63, 3.8) is 0 Å². The molecule has 0 aliphatic carbocycles. The molecule has 0 spiro atoms. The molecule has 1 N–H and O–H groups in total. The maximum atomic E-state index is 13.2. The van der Waals surface area contributed by atoms with Crippen LogP contribution in [0.3, 0.4) is 0 Å². The van der Waals surface area contributed by atoms with E-state index in [0.29, 0.717) is 12.1 Å². The number of alkyl halides is 3. The first kappa shape index (κ1) is 14.4. The highest BCUT2D eigenvalue weighted by atomic mass is 19.4. The van der Waals surface area contributed by atoms with Gasteiger partial charge in [0.2, 0.25) is 0 Å². The second-order valence-corrected chi connectivity index (χ2v) is 4.77. The van der Waals surface area contributed by atoms with Gasteiger partial charge < -0.3 is 5.11 Å². The van der Waals surface area contributed by atoms with E-state index in [1.165, 1.54) is 20.0 Å². The highest BCUT2D eigenvalue weighted by Gasteiger charge is 2.34. The van der Waals surface area contributed by atoms with Crippen molar-refractivity contribution in [3.8, 4) is 5.69 Å². The molecule has 0 aliphatic rings. The van der Waals surface area contributed by atoms with Crippen LogP contribution >= 0.6 is 0 Å². The zero-order chi connectivity index (χ0) is 15.1. The van der Waals surface area contributed by atoms with Crippen LogP contribution in [-0.2, 0) is 11.8 Å². The SMILES string of the molecule is CC(C)(O)c1cn(-c2ccc(F)c(C(F)(F)F)c2)nn1. The molecule has 0 fully saturated rings. The van der Waals surface area contributed by atoms with Crippen LogP contribution in [0, 0.1) is 5.82 Å². The Kier molecular flexibility index (Phi) is 3.29. The molecule has 0 saturated heterocycles.